The molecule has 1 aromatic heterocycles. The maximum absolute atomic E-state index is 13.0. The predicted molar refractivity (Wildman–Crippen MR) is 145 cm³/mol. The number of thiophene rings is 1. The van der Waals surface area contributed by atoms with E-state index >= 15 is 0 Å². The van der Waals surface area contributed by atoms with Crippen molar-refractivity contribution in [2.24, 2.45) is 0 Å². The first-order chi connectivity index (χ1) is 17.1. The summed E-state index contributed by atoms with van der Waals surface area (Å²) in [5.41, 5.74) is 4.05. The maximum atomic E-state index is 13.0. The first-order valence-electron chi connectivity index (χ1n) is 11.3. The Morgan fingerprint density at radius 1 is 0.886 bits per heavy atom. The fourth-order valence-electron chi connectivity index (χ4n) is 3.84. The molecule has 35 heavy (non-hydrogen) atoms. The number of halogens is 1. The lowest BCUT2D eigenvalue weighted by Crippen LogP contribution is -2.32. The average Bonchev–Trinajstić information content (AvgIpc) is 3.21. The summed E-state index contributed by atoms with van der Waals surface area (Å²) < 4.78 is 6.07. The van der Waals surface area contributed by atoms with Gasteiger partial charge < -0.3 is 10.1 Å². The van der Waals surface area contributed by atoms with E-state index in [1.54, 1.807) is 6.92 Å². The first-order valence-corrected chi connectivity index (χ1v) is 12.9. The molecule has 0 unspecified atom stereocenters. The second-order valence-corrected chi connectivity index (χ2v) is 10.1. The Morgan fingerprint density at radius 2 is 1.43 bits per heavy atom. The third kappa shape index (κ3) is 6.06. The Morgan fingerprint density at radius 3 is 1.97 bits per heavy atom. The van der Waals surface area contributed by atoms with E-state index in [1.807, 2.05) is 91.0 Å². The molecule has 0 aliphatic rings. The van der Waals surface area contributed by atoms with Gasteiger partial charge in [-0.25, -0.2) is 4.79 Å². The van der Waals surface area contributed by atoms with Gasteiger partial charge in [-0.3, -0.25) is 10.1 Å². The fourth-order valence-corrected chi connectivity index (χ4v) is 5.70. The van der Waals surface area contributed by atoms with E-state index < -0.39 is 5.97 Å². The number of hydrogen-bond acceptors (Lipinski definition) is 5. The van der Waals surface area contributed by atoms with Crippen LogP contribution in [0.15, 0.2) is 94.8 Å². The highest BCUT2D eigenvalue weighted by molar-refractivity contribution is 9.11. The van der Waals surface area contributed by atoms with E-state index in [-0.39, 0.29) is 25.1 Å². The molecular weight excluding hydrogens is 524 g/mol. The number of carbonyl (C=O) groups excluding carboxylic acids is 2. The minimum Gasteiger partial charge on any atom is -0.462 e. The molecule has 2 N–H and O–H groups in total. The summed E-state index contributed by atoms with van der Waals surface area (Å²) in [6.45, 7) is 2.06. The van der Waals surface area contributed by atoms with Crippen LogP contribution in [0.5, 0.6) is 0 Å². The lowest BCUT2D eigenvalue weighted by Gasteiger charge is -2.19. The zero-order valence-corrected chi connectivity index (χ0v) is 21.6. The van der Waals surface area contributed by atoms with Gasteiger partial charge in [0, 0.05) is 5.56 Å². The van der Waals surface area contributed by atoms with Gasteiger partial charge in [-0.15, -0.1) is 11.3 Å². The zero-order valence-electron chi connectivity index (χ0n) is 19.2. The normalized spacial score (nSPS) is 10.8. The Balaban J connectivity index is 1.57. The van der Waals surface area contributed by atoms with Crippen LogP contribution in [0, 0.1) is 0 Å². The van der Waals surface area contributed by atoms with Crippen molar-refractivity contribution in [3.63, 3.8) is 0 Å². The monoisotopic (exact) mass is 548 g/mol. The van der Waals surface area contributed by atoms with Crippen LogP contribution in [-0.4, -0.2) is 25.0 Å². The van der Waals surface area contributed by atoms with E-state index in [9.17, 15) is 9.59 Å². The summed E-state index contributed by atoms with van der Waals surface area (Å²) in [6, 6.07) is 29.4. The van der Waals surface area contributed by atoms with Crippen LogP contribution in [0.4, 0.5) is 5.00 Å². The van der Waals surface area contributed by atoms with Crippen molar-refractivity contribution in [3.05, 3.63) is 111 Å². The molecule has 0 atom stereocenters. The summed E-state index contributed by atoms with van der Waals surface area (Å²) in [7, 11) is 0. The Hall–Kier alpha value is -3.26. The molecular formula is C28H25BrN2O3S. The zero-order chi connectivity index (χ0) is 24.6. The Bertz CT molecular complexity index is 1240. The number of esters is 1. The van der Waals surface area contributed by atoms with Gasteiger partial charge in [0.05, 0.1) is 23.0 Å². The molecule has 4 rings (SSSR count). The molecule has 0 bridgehead atoms. The molecule has 4 aromatic rings. The lowest BCUT2D eigenvalue weighted by molar-refractivity contribution is -0.115. The smallest absolute Gasteiger partial charge is 0.341 e. The van der Waals surface area contributed by atoms with Gasteiger partial charge >= 0.3 is 5.97 Å². The second-order valence-electron chi connectivity index (χ2n) is 7.72. The Kier molecular flexibility index (Phi) is 8.47. The minimum atomic E-state index is -0.469. The molecule has 0 saturated heterocycles. The van der Waals surface area contributed by atoms with Gasteiger partial charge in [0.2, 0.25) is 5.91 Å². The standard InChI is InChI=1S/C28H25BrN2O3S/c1-2-34-28(33)24-23(19-12-6-3-7-13-19)26(29)35-27(24)31-22(32)18-30-25(20-14-8-4-9-15-20)21-16-10-5-11-17-21/h3-17,25,30H,2,18H2,1H3,(H,31,32). The molecule has 0 radical (unpaired) electrons. The van der Waals surface area contributed by atoms with E-state index in [0.29, 0.717) is 16.1 Å². The average molecular weight is 549 g/mol. The number of ether oxygens (including phenoxy) is 1. The highest BCUT2D eigenvalue weighted by atomic mass is 79.9. The molecule has 1 heterocycles. The van der Waals surface area contributed by atoms with Crippen molar-refractivity contribution in [2.75, 3.05) is 18.5 Å². The third-order valence-corrected chi connectivity index (χ3v) is 7.17. The predicted octanol–water partition coefficient (Wildman–Crippen LogP) is 6.67. The van der Waals surface area contributed by atoms with Gasteiger partial charge in [-0.05, 0) is 39.5 Å². The molecule has 0 saturated carbocycles. The van der Waals surface area contributed by atoms with E-state index in [0.717, 1.165) is 20.5 Å². The van der Waals surface area contributed by atoms with Crippen LogP contribution in [0.2, 0.25) is 0 Å². The summed E-state index contributed by atoms with van der Waals surface area (Å²) >= 11 is 4.88. The minimum absolute atomic E-state index is 0.0624. The maximum Gasteiger partial charge on any atom is 0.341 e. The summed E-state index contributed by atoms with van der Waals surface area (Å²) in [5.74, 6) is -0.719. The van der Waals surface area contributed by atoms with Crippen molar-refractivity contribution in [1.29, 1.82) is 0 Å². The number of anilines is 1. The van der Waals surface area contributed by atoms with Gasteiger partial charge in [0.1, 0.15) is 10.6 Å². The molecule has 0 aliphatic heterocycles. The van der Waals surface area contributed by atoms with Crippen LogP contribution in [0.3, 0.4) is 0 Å². The molecule has 3 aromatic carbocycles. The SMILES string of the molecule is CCOC(=O)c1c(NC(=O)CNC(c2ccccc2)c2ccccc2)sc(Br)c1-c1ccccc1. The lowest BCUT2D eigenvalue weighted by atomic mass is 9.99. The van der Waals surface area contributed by atoms with Crippen molar-refractivity contribution in [3.8, 4) is 11.1 Å². The van der Waals surface area contributed by atoms with Crippen LogP contribution in [0.1, 0.15) is 34.5 Å². The van der Waals surface area contributed by atoms with Crippen LogP contribution in [0.25, 0.3) is 11.1 Å². The van der Waals surface area contributed by atoms with Crippen molar-refractivity contribution < 1.29 is 14.3 Å². The highest BCUT2D eigenvalue weighted by Gasteiger charge is 2.26. The molecule has 178 valence electrons. The highest BCUT2D eigenvalue weighted by Crippen LogP contribution is 2.44. The summed E-state index contributed by atoms with van der Waals surface area (Å²) in [6.07, 6.45) is 0. The fraction of sp³-hybridized carbons (Fsp3) is 0.143. The van der Waals surface area contributed by atoms with Crippen molar-refractivity contribution in [1.82, 2.24) is 5.32 Å². The summed E-state index contributed by atoms with van der Waals surface area (Å²) in [5, 5.41) is 6.74. The molecule has 0 spiro atoms. The van der Waals surface area contributed by atoms with Gasteiger partial charge in [-0.2, -0.15) is 0 Å². The van der Waals surface area contributed by atoms with Crippen LogP contribution in [-0.2, 0) is 9.53 Å². The van der Waals surface area contributed by atoms with E-state index in [4.69, 9.17) is 4.74 Å². The third-order valence-electron chi connectivity index (χ3n) is 5.39. The second kappa shape index (κ2) is 11.9. The van der Waals surface area contributed by atoms with Crippen molar-refractivity contribution in [2.45, 2.75) is 13.0 Å². The molecule has 0 aliphatic carbocycles. The van der Waals surface area contributed by atoms with Crippen LogP contribution >= 0.6 is 27.3 Å². The molecule has 0 fully saturated rings. The first kappa shape index (κ1) is 24.9. The number of hydrogen-bond donors (Lipinski definition) is 2. The van der Waals surface area contributed by atoms with Crippen molar-refractivity contribution >= 4 is 44.1 Å². The quantitative estimate of drug-likeness (QED) is 0.229. The van der Waals surface area contributed by atoms with Gasteiger partial charge in [-0.1, -0.05) is 91.0 Å². The number of carbonyl (C=O) groups is 2. The Labute approximate surface area is 217 Å². The van der Waals surface area contributed by atoms with E-state index in [1.165, 1.54) is 11.3 Å². The molecule has 7 heteroatoms. The summed E-state index contributed by atoms with van der Waals surface area (Å²) in [4.78, 5) is 25.9. The topological polar surface area (TPSA) is 67.4 Å². The van der Waals surface area contributed by atoms with Crippen LogP contribution < -0.4 is 10.6 Å². The molecule has 1 amide bonds. The van der Waals surface area contributed by atoms with Gasteiger partial charge in [0.15, 0.2) is 0 Å². The van der Waals surface area contributed by atoms with E-state index in [2.05, 4.69) is 26.6 Å². The molecule has 5 nitrogen and oxygen atoms in total. The largest absolute Gasteiger partial charge is 0.462 e. The van der Waals surface area contributed by atoms with Gasteiger partial charge in [0.25, 0.3) is 0 Å². The number of benzene rings is 3. The number of amides is 1. The number of rotatable bonds is 9. The number of nitrogens with one attached hydrogen (secondary N) is 2.